The molecule has 2 rings (SSSR count). The maximum atomic E-state index is 12.0. The molecule has 6 nitrogen and oxygen atoms in total. The van der Waals surface area contributed by atoms with E-state index < -0.39 is 5.97 Å². The van der Waals surface area contributed by atoms with E-state index in [2.05, 4.69) is 4.98 Å². The molecule has 1 saturated heterocycles. The zero-order valence-corrected chi connectivity index (χ0v) is 10.8. The Balaban J connectivity index is 2.03. The van der Waals surface area contributed by atoms with Crippen LogP contribution in [-0.4, -0.2) is 57.9 Å². The standard InChI is InChI=1S/C13H17N3O3/c1-15-9-12(17)16(8-11(15)5-13(18)19)7-10-3-2-4-14-6-10/h2-4,6,11H,5,7-9H2,1H3,(H,18,19). The van der Waals surface area contributed by atoms with Crippen molar-refractivity contribution < 1.29 is 14.7 Å². The van der Waals surface area contributed by atoms with Crippen LogP contribution < -0.4 is 0 Å². The van der Waals surface area contributed by atoms with Crippen molar-refractivity contribution in [3.05, 3.63) is 30.1 Å². The zero-order chi connectivity index (χ0) is 13.8. The van der Waals surface area contributed by atoms with E-state index in [1.807, 2.05) is 12.1 Å². The van der Waals surface area contributed by atoms with Gasteiger partial charge in [0.05, 0.1) is 13.0 Å². The molecule has 1 N–H and O–H groups in total. The molecule has 0 spiro atoms. The van der Waals surface area contributed by atoms with Gasteiger partial charge in [-0.3, -0.25) is 19.5 Å². The van der Waals surface area contributed by atoms with Crippen LogP contribution in [0.1, 0.15) is 12.0 Å². The maximum absolute atomic E-state index is 12.0. The van der Waals surface area contributed by atoms with E-state index in [9.17, 15) is 9.59 Å². The smallest absolute Gasteiger partial charge is 0.305 e. The van der Waals surface area contributed by atoms with Gasteiger partial charge in [-0.25, -0.2) is 0 Å². The van der Waals surface area contributed by atoms with Crippen molar-refractivity contribution >= 4 is 11.9 Å². The average molecular weight is 263 g/mol. The molecule has 1 amide bonds. The molecule has 19 heavy (non-hydrogen) atoms. The van der Waals surface area contributed by atoms with Crippen molar-refractivity contribution in [3.8, 4) is 0 Å². The summed E-state index contributed by atoms with van der Waals surface area (Å²) in [5.41, 5.74) is 0.953. The van der Waals surface area contributed by atoms with Crippen molar-refractivity contribution in [2.75, 3.05) is 20.1 Å². The third-order valence-electron chi connectivity index (χ3n) is 3.30. The van der Waals surface area contributed by atoms with Crippen LogP contribution in [0, 0.1) is 0 Å². The Bertz CT molecular complexity index is 463. The molecule has 1 aromatic rings. The van der Waals surface area contributed by atoms with Gasteiger partial charge in [0.1, 0.15) is 0 Å². The number of hydrogen-bond acceptors (Lipinski definition) is 4. The second-order valence-electron chi connectivity index (χ2n) is 4.80. The summed E-state index contributed by atoms with van der Waals surface area (Å²) in [7, 11) is 1.78. The highest BCUT2D eigenvalue weighted by Crippen LogP contribution is 2.14. The summed E-state index contributed by atoms with van der Waals surface area (Å²) >= 11 is 0. The largest absolute Gasteiger partial charge is 0.481 e. The molecule has 6 heteroatoms. The number of aromatic nitrogens is 1. The highest BCUT2D eigenvalue weighted by atomic mass is 16.4. The van der Waals surface area contributed by atoms with E-state index in [-0.39, 0.29) is 24.9 Å². The maximum Gasteiger partial charge on any atom is 0.305 e. The van der Waals surface area contributed by atoms with Crippen LogP contribution >= 0.6 is 0 Å². The molecule has 1 aliphatic heterocycles. The first-order valence-electron chi connectivity index (χ1n) is 6.15. The summed E-state index contributed by atoms with van der Waals surface area (Å²) in [6.07, 6.45) is 3.45. The van der Waals surface area contributed by atoms with Gasteiger partial charge < -0.3 is 10.0 Å². The molecule has 1 unspecified atom stereocenters. The van der Waals surface area contributed by atoms with Gasteiger partial charge in [0.2, 0.25) is 5.91 Å². The number of aliphatic carboxylic acids is 1. The number of rotatable bonds is 4. The molecule has 102 valence electrons. The molecule has 0 aromatic carbocycles. The first-order chi connectivity index (χ1) is 9.06. The molecule has 1 fully saturated rings. The molecule has 0 saturated carbocycles. The molecule has 0 aliphatic carbocycles. The van der Waals surface area contributed by atoms with Gasteiger partial charge in [-0.05, 0) is 18.7 Å². The Morgan fingerprint density at radius 1 is 1.58 bits per heavy atom. The van der Waals surface area contributed by atoms with E-state index in [1.54, 1.807) is 29.2 Å². The number of carboxylic acids is 1. The van der Waals surface area contributed by atoms with E-state index >= 15 is 0 Å². The zero-order valence-electron chi connectivity index (χ0n) is 10.8. The summed E-state index contributed by atoms with van der Waals surface area (Å²) < 4.78 is 0. The van der Waals surface area contributed by atoms with Gasteiger partial charge in [0.15, 0.2) is 0 Å². The second kappa shape index (κ2) is 5.79. The van der Waals surface area contributed by atoms with Gasteiger partial charge in [-0.1, -0.05) is 6.07 Å². The minimum absolute atomic E-state index is 0.0213. The fraction of sp³-hybridized carbons (Fsp3) is 0.462. The molecule has 1 aliphatic rings. The van der Waals surface area contributed by atoms with Gasteiger partial charge >= 0.3 is 5.97 Å². The number of pyridine rings is 1. The number of amides is 1. The van der Waals surface area contributed by atoms with Crippen molar-refractivity contribution in [2.45, 2.75) is 19.0 Å². The Kier molecular flexibility index (Phi) is 4.11. The Morgan fingerprint density at radius 3 is 3.00 bits per heavy atom. The molecule has 1 aromatic heterocycles. The minimum atomic E-state index is -0.840. The number of carboxylic acid groups (broad SMARTS) is 1. The number of nitrogens with zero attached hydrogens (tertiary/aromatic N) is 3. The Labute approximate surface area is 111 Å². The van der Waals surface area contributed by atoms with Crippen LogP contribution in [0.3, 0.4) is 0 Å². The van der Waals surface area contributed by atoms with Gasteiger partial charge in [0.25, 0.3) is 0 Å². The summed E-state index contributed by atoms with van der Waals surface area (Å²) in [6, 6.07) is 3.60. The molecule has 0 bridgehead atoms. The van der Waals surface area contributed by atoms with Crippen molar-refractivity contribution in [1.82, 2.24) is 14.8 Å². The summed E-state index contributed by atoms with van der Waals surface area (Å²) in [4.78, 5) is 30.3. The summed E-state index contributed by atoms with van der Waals surface area (Å²) in [5.74, 6) is -0.819. The first kappa shape index (κ1) is 13.5. The average Bonchev–Trinajstić information content (AvgIpc) is 2.36. The van der Waals surface area contributed by atoms with E-state index in [0.717, 1.165) is 5.56 Å². The fourth-order valence-electron chi connectivity index (χ4n) is 2.22. The normalized spacial score (nSPS) is 20.6. The lowest BCUT2D eigenvalue weighted by molar-refractivity contribution is -0.144. The fourth-order valence-corrected chi connectivity index (χ4v) is 2.22. The van der Waals surface area contributed by atoms with Crippen LogP contribution in [0.2, 0.25) is 0 Å². The number of likely N-dealkylation sites (N-methyl/N-ethyl adjacent to an activating group) is 1. The lowest BCUT2D eigenvalue weighted by Gasteiger charge is -2.38. The van der Waals surface area contributed by atoms with Gasteiger partial charge in [-0.2, -0.15) is 0 Å². The van der Waals surface area contributed by atoms with E-state index in [1.165, 1.54) is 0 Å². The lowest BCUT2D eigenvalue weighted by Crippen LogP contribution is -2.54. The quantitative estimate of drug-likeness (QED) is 0.840. The predicted octanol–water partition coefficient (Wildman–Crippen LogP) is 0.199. The Hall–Kier alpha value is -1.95. The lowest BCUT2D eigenvalue weighted by atomic mass is 10.1. The number of carbonyl (C=O) groups excluding carboxylic acids is 1. The number of piperazine rings is 1. The highest BCUT2D eigenvalue weighted by molar-refractivity contribution is 5.79. The predicted molar refractivity (Wildman–Crippen MR) is 68.3 cm³/mol. The van der Waals surface area contributed by atoms with E-state index in [0.29, 0.717) is 13.1 Å². The topological polar surface area (TPSA) is 73.7 Å². The molecule has 2 heterocycles. The van der Waals surface area contributed by atoms with Crippen molar-refractivity contribution in [1.29, 1.82) is 0 Å². The van der Waals surface area contributed by atoms with Crippen molar-refractivity contribution in [3.63, 3.8) is 0 Å². The number of carbonyl (C=O) groups is 2. The summed E-state index contributed by atoms with van der Waals surface area (Å²) in [5, 5.41) is 8.89. The Morgan fingerprint density at radius 2 is 2.37 bits per heavy atom. The number of hydrogen-bond donors (Lipinski definition) is 1. The van der Waals surface area contributed by atoms with Crippen LogP contribution in [0.5, 0.6) is 0 Å². The van der Waals surface area contributed by atoms with Gasteiger partial charge in [0, 0.05) is 31.5 Å². The van der Waals surface area contributed by atoms with Crippen LogP contribution in [0.15, 0.2) is 24.5 Å². The van der Waals surface area contributed by atoms with Crippen LogP contribution in [0.4, 0.5) is 0 Å². The molecular weight excluding hydrogens is 246 g/mol. The summed E-state index contributed by atoms with van der Waals surface area (Å²) in [6.45, 7) is 1.19. The first-order valence-corrected chi connectivity index (χ1v) is 6.15. The molecule has 0 radical (unpaired) electrons. The van der Waals surface area contributed by atoms with Crippen LogP contribution in [0.25, 0.3) is 0 Å². The monoisotopic (exact) mass is 263 g/mol. The third-order valence-corrected chi connectivity index (χ3v) is 3.30. The van der Waals surface area contributed by atoms with Gasteiger partial charge in [-0.15, -0.1) is 0 Å². The molecular formula is C13H17N3O3. The second-order valence-corrected chi connectivity index (χ2v) is 4.80. The van der Waals surface area contributed by atoms with Crippen molar-refractivity contribution in [2.24, 2.45) is 0 Å². The minimum Gasteiger partial charge on any atom is -0.481 e. The molecule has 1 atom stereocenters. The van der Waals surface area contributed by atoms with Crippen LogP contribution in [-0.2, 0) is 16.1 Å². The highest BCUT2D eigenvalue weighted by Gasteiger charge is 2.30. The SMILES string of the molecule is CN1CC(=O)N(Cc2cccnc2)CC1CC(=O)O. The third kappa shape index (κ3) is 3.51. The van der Waals surface area contributed by atoms with E-state index in [4.69, 9.17) is 5.11 Å².